The third kappa shape index (κ3) is 2.67. The molecule has 3 aliphatic rings. The summed E-state index contributed by atoms with van der Waals surface area (Å²) in [5.41, 5.74) is 1.45. The van der Waals surface area contributed by atoms with Crippen LogP contribution >= 0.6 is 0 Å². The normalized spacial score (nSPS) is 31.4. The van der Waals surface area contributed by atoms with Crippen LogP contribution in [-0.4, -0.2) is 31.5 Å². The van der Waals surface area contributed by atoms with Crippen LogP contribution in [0.1, 0.15) is 39.5 Å². The fraction of sp³-hybridized carbons (Fsp3) is 0.545. The summed E-state index contributed by atoms with van der Waals surface area (Å²) in [4.78, 5) is 27.5. The number of hydrogen-bond acceptors (Lipinski definition) is 3. The van der Waals surface area contributed by atoms with Gasteiger partial charge in [-0.05, 0) is 42.7 Å². The molecule has 2 saturated carbocycles. The molecule has 0 unspecified atom stereocenters. The molecule has 2 amide bonds. The Labute approximate surface area is 160 Å². The Hall–Kier alpha value is -2.30. The highest BCUT2D eigenvalue weighted by atomic mass is 16.5. The fourth-order valence-corrected chi connectivity index (χ4v) is 5.30. The van der Waals surface area contributed by atoms with Crippen molar-refractivity contribution in [1.29, 1.82) is 0 Å². The number of rotatable bonds is 4. The molecule has 5 heteroatoms. The van der Waals surface area contributed by atoms with E-state index in [0.717, 1.165) is 30.5 Å². The van der Waals surface area contributed by atoms with Gasteiger partial charge < -0.3 is 15.0 Å². The van der Waals surface area contributed by atoms with E-state index in [1.54, 1.807) is 12.0 Å². The first kappa shape index (κ1) is 18.1. The molecule has 0 radical (unpaired) electrons. The SMILES string of the molecule is C=C1C(C)(C)[C@H]2CC[C@@]1(C(=O)N[C@@H]1CC(=O)N(c3cccc(OC)c3)C1)C2. The zero-order chi connectivity index (χ0) is 19.4. The molecular formula is C22H28N2O3. The summed E-state index contributed by atoms with van der Waals surface area (Å²) in [7, 11) is 1.61. The summed E-state index contributed by atoms with van der Waals surface area (Å²) in [6, 6.07) is 7.30. The summed E-state index contributed by atoms with van der Waals surface area (Å²) in [5.74, 6) is 1.34. The predicted octanol–water partition coefficient (Wildman–Crippen LogP) is 3.30. The van der Waals surface area contributed by atoms with Crippen LogP contribution in [0.25, 0.3) is 0 Å². The fourth-order valence-electron chi connectivity index (χ4n) is 5.30. The molecule has 2 bridgehead atoms. The Morgan fingerprint density at radius 1 is 1.37 bits per heavy atom. The average molecular weight is 368 g/mol. The molecule has 1 aromatic rings. The monoisotopic (exact) mass is 368 g/mol. The van der Waals surface area contributed by atoms with Crippen molar-refractivity contribution < 1.29 is 14.3 Å². The molecule has 144 valence electrons. The molecule has 4 rings (SSSR count). The van der Waals surface area contributed by atoms with Crippen LogP contribution in [0.2, 0.25) is 0 Å². The topological polar surface area (TPSA) is 58.6 Å². The van der Waals surface area contributed by atoms with E-state index in [0.29, 0.717) is 24.6 Å². The zero-order valence-corrected chi connectivity index (χ0v) is 16.4. The molecule has 2 aliphatic carbocycles. The molecule has 1 N–H and O–H groups in total. The average Bonchev–Trinajstić information content (AvgIpc) is 3.30. The van der Waals surface area contributed by atoms with Gasteiger partial charge in [0.15, 0.2) is 0 Å². The number of carbonyl (C=O) groups excluding carboxylic acids is 2. The lowest BCUT2D eigenvalue weighted by atomic mass is 9.68. The van der Waals surface area contributed by atoms with Crippen LogP contribution in [0.3, 0.4) is 0 Å². The van der Waals surface area contributed by atoms with Gasteiger partial charge in [-0.3, -0.25) is 9.59 Å². The predicted molar refractivity (Wildman–Crippen MR) is 105 cm³/mol. The Morgan fingerprint density at radius 3 is 2.81 bits per heavy atom. The van der Waals surface area contributed by atoms with Crippen molar-refractivity contribution in [3.05, 3.63) is 36.4 Å². The molecule has 0 aromatic heterocycles. The number of ether oxygens (including phenoxy) is 1. The molecule has 3 fully saturated rings. The smallest absolute Gasteiger partial charge is 0.230 e. The van der Waals surface area contributed by atoms with Gasteiger partial charge in [0, 0.05) is 24.7 Å². The van der Waals surface area contributed by atoms with E-state index in [-0.39, 0.29) is 23.3 Å². The second-order valence-corrected chi connectivity index (χ2v) is 8.80. The van der Waals surface area contributed by atoms with Crippen LogP contribution in [-0.2, 0) is 9.59 Å². The Morgan fingerprint density at radius 2 is 2.15 bits per heavy atom. The number of nitrogens with zero attached hydrogens (tertiary/aromatic N) is 1. The van der Waals surface area contributed by atoms with Gasteiger partial charge in [-0.25, -0.2) is 0 Å². The van der Waals surface area contributed by atoms with Crippen LogP contribution in [0.15, 0.2) is 36.4 Å². The van der Waals surface area contributed by atoms with Crippen molar-refractivity contribution in [2.45, 2.75) is 45.6 Å². The van der Waals surface area contributed by atoms with Crippen molar-refractivity contribution in [3.8, 4) is 5.75 Å². The van der Waals surface area contributed by atoms with Gasteiger partial charge in [-0.2, -0.15) is 0 Å². The second-order valence-electron chi connectivity index (χ2n) is 8.80. The highest BCUT2D eigenvalue weighted by Crippen LogP contribution is 2.65. The molecule has 1 saturated heterocycles. The highest BCUT2D eigenvalue weighted by Gasteiger charge is 2.61. The van der Waals surface area contributed by atoms with Crippen LogP contribution in [0, 0.1) is 16.7 Å². The molecule has 1 aromatic carbocycles. The first-order valence-electron chi connectivity index (χ1n) is 9.73. The van der Waals surface area contributed by atoms with Crippen LogP contribution < -0.4 is 15.0 Å². The second kappa shape index (κ2) is 6.11. The van der Waals surface area contributed by atoms with Crippen molar-refractivity contribution in [2.75, 3.05) is 18.6 Å². The lowest BCUT2D eigenvalue weighted by Crippen LogP contribution is -2.46. The maximum absolute atomic E-state index is 13.2. The van der Waals surface area contributed by atoms with Crippen molar-refractivity contribution in [2.24, 2.45) is 16.7 Å². The number of nitrogens with one attached hydrogen (secondary N) is 1. The van der Waals surface area contributed by atoms with E-state index in [9.17, 15) is 9.59 Å². The minimum absolute atomic E-state index is 0.0215. The van der Waals surface area contributed by atoms with Gasteiger partial charge in [-0.1, -0.05) is 32.1 Å². The quantitative estimate of drug-likeness (QED) is 0.830. The number of methoxy groups -OCH3 is 1. The zero-order valence-electron chi connectivity index (χ0n) is 16.4. The van der Waals surface area contributed by atoms with Gasteiger partial charge in [0.05, 0.1) is 18.6 Å². The lowest BCUT2D eigenvalue weighted by molar-refractivity contribution is -0.129. The van der Waals surface area contributed by atoms with E-state index in [1.165, 1.54) is 0 Å². The number of amides is 2. The molecule has 1 heterocycles. The van der Waals surface area contributed by atoms with E-state index < -0.39 is 5.41 Å². The summed E-state index contributed by atoms with van der Waals surface area (Å²) in [5, 5.41) is 3.17. The summed E-state index contributed by atoms with van der Waals surface area (Å²) in [6.07, 6.45) is 3.19. The highest BCUT2D eigenvalue weighted by molar-refractivity contribution is 5.97. The van der Waals surface area contributed by atoms with E-state index in [1.807, 2.05) is 24.3 Å². The standard InChI is InChI=1S/C22H28N2O3/c1-14-21(2,3)15-8-9-22(14,12-15)20(26)23-16-10-19(25)24(13-16)17-6-5-7-18(11-17)27-4/h5-7,11,15-16H,1,8-10,12-13H2,2-4H3,(H,23,26)/t15-,16+,22+/m0/s1. The molecule has 1 aliphatic heterocycles. The Kier molecular flexibility index (Phi) is 4.09. The van der Waals surface area contributed by atoms with Gasteiger partial charge >= 0.3 is 0 Å². The number of hydrogen-bond donors (Lipinski definition) is 1. The van der Waals surface area contributed by atoms with Gasteiger partial charge in [0.2, 0.25) is 11.8 Å². The van der Waals surface area contributed by atoms with Gasteiger partial charge in [0.25, 0.3) is 0 Å². The summed E-state index contributed by atoms with van der Waals surface area (Å²) < 4.78 is 5.25. The van der Waals surface area contributed by atoms with Crippen molar-refractivity contribution in [3.63, 3.8) is 0 Å². The number of carbonyl (C=O) groups is 2. The van der Waals surface area contributed by atoms with E-state index in [4.69, 9.17) is 4.74 Å². The number of benzene rings is 1. The van der Waals surface area contributed by atoms with E-state index in [2.05, 4.69) is 25.7 Å². The van der Waals surface area contributed by atoms with Crippen molar-refractivity contribution >= 4 is 17.5 Å². The molecule has 3 atom stereocenters. The third-order valence-electron chi connectivity index (χ3n) is 7.15. The molecular weight excluding hydrogens is 340 g/mol. The first-order valence-corrected chi connectivity index (χ1v) is 9.73. The number of anilines is 1. The third-order valence-corrected chi connectivity index (χ3v) is 7.15. The van der Waals surface area contributed by atoms with Gasteiger partial charge in [0.1, 0.15) is 5.75 Å². The summed E-state index contributed by atoms with van der Waals surface area (Å²) >= 11 is 0. The molecule has 27 heavy (non-hydrogen) atoms. The number of fused-ring (bicyclic) bond motifs is 2. The Balaban J connectivity index is 1.47. The maximum atomic E-state index is 13.2. The van der Waals surface area contributed by atoms with Crippen molar-refractivity contribution in [1.82, 2.24) is 5.32 Å². The molecule has 5 nitrogen and oxygen atoms in total. The maximum Gasteiger partial charge on any atom is 0.230 e. The largest absolute Gasteiger partial charge is 0.497 e. The first-order chi connectivity index (χ1) is 12.8. The van der Waals surface area contributed by atoms with E-state index >= 15 is 0 Å². The lowest BCUT2D eigenvalue weighted by Gasteiger charge is -2.37. The van der Waals surface area contributed by atoms with Gasteiger partial charge in [-0.15, -0.1) is 0 Å². The molecule has 0 spiro atoms. The minimum atomic E-state index is -0.444. The summed E-state index contributed by atoms with van der Waals surface area (Å²) in [6.45, 7) is 9.21. The van der Waals surface area contributed by atoms with Crippen LogP contribution in [0.5, 0.6) is 5.75 Å². The Bertz CT molecular complexity index is 816. The van der Waals surface area contributed by atoms with Crippen LogP contribution in [0.4, 0.5) is 5.69 Å². The minimum Gasteiger partial charge on any atom is -0.497 e.